The molecule has 1 aromatic heterocycles. The Hall–Kier alpha value is -3.85. The summed E-state index contributed by atoms with van der Waals surface area (Å²) in [6, 6.07) is 15.2. The van der Waals surface area contributed by atoms with E-state index in [0.717, 1.165) is 22.0 Å². The smallest absolute Gasteiger partial charge is 0.339 e. The van der Waals surface area contributed by atoms with Gasteiger partial charge in [-0.05, 0) is 31.2 Å². The van der Waals surface area contributed by atoms with E-state index in [1.54, 1.807) is 18.2 Å². The Morgan fingerprint density at radius 1 is 1.24 bits per heavy atom. The van der Waals surface area contributed by atoms with Crippen molar-refractivity contribution < 1.29 is 14.3 Å². The van der Waals surface area contributed by atoms with Gasteiger partial charge in [0.25, 0.3) is 0 Å². The van der Waals surface area contributed by atoms with Gasteiger partial charge < -0.3 is 14.6 Å². The highest BCUT2D eigenvalue weighted by Crippen LogP contribution is 2.23. The quantitative estimate of drug-likeness (QED) is 0.505. The molecule has 0 bridgehead atoms. The molecule has 0 saturated carbocycles. The molecular weight excluding hydrogens is 366 g/mol. The lowest BCUT2D eigenvalue weighted by Crippen LogP contribution is -2.13. The van der Waals surface area contributed by atoms with Gasteiger partial charge in [-0.1, -0.05) is 29.8 Å². The number of nitrogens with one attached hydrogen (secondary N) is 1. The molecule has 146 valence electrons. The second-order valence-electron chi connectivity index (χ2n) is 6.57. The maximum absolute atomic E-state index is 12.4. The van der Waals surface area contributed by atoms with Crippen molar-refractivity contribution in [3.8, 4) is 6.07 Å². The zero-order valence-corrected chi connectivity index (χ0v) is 16.3. The van der Waals surface area contributed by atoms with Crippen molar-refractivity contribution in [3.63, 3.8) is 0 Å². The molecule has 6 nitrogen and oxygen atoms in total. The molecule has 29 heavy (non-hydrogen) atoms. The largest absolute Gasteiger partial charge is 0.465 e. The molecule has 3 aromatic rings. The number of hydrogen-bond acceptors (Lipinski definition) is 4. The van der Waals surface area contributed by atoms with Crippen molar-refractivity contribution in [2.45, 2.75) is 19.9 Å². The van der Waals surface area contributed by atoms with Crippen LogP contribution in [0.25, 0.3) is 17.0 Å². The molecule has 1 heterocycles. The molecule has 0 radical (unpaired) electrons. The molecule has 0 aliphatic carbocycles. The fraction of sp³-hybridized carbons (Fsp3) is 0.174. The zero-order chi connectivity index (χ0) is 20.8. The Morgan fingerprint density at radius 3 is 2.79 bits per heavy atom. The van der Waals surface area contributed by atoms with Gasteiger partial charge in [0.1, 0.15) is 0 Å². The summed E-state index contributed by atoms with van der Waals surface area (Å²) in [7, 11) is 1.30. The summed E-state index contributed by atoms with van der Waals surface area (Å²) in [5.41, 5.74) is 3.49. The molecule has 0 aliphatic heterocycles. The minimum absolute atomic E-state index is 0.308. The Kier molecular flexibility index (Phi) is 6.10. The standard InChI is InChI=1S/C23H21N3O3/c1-16-8-10-20(19(14-16)23(28)29-2)25-22(27)11-9-17-15-26(13-5-12-24)21-7-4-3-6-18(17)21/h3-4,6-11,14-15H,5,13H2,1-2H3,(H,25,27)/b11-9+. The van der Waals surface area contributed by atoms with Crippen LogP contribution >= 0.6 is 0 Å². The van der Waals surface area contributed by atoms with Crippen LogP contribution in [0.5, 0.6) is 0 Å². The molecule has 1 N–H and O–H groups in total. The molecular formula is C23H21N3O3. The van der Waals surface area contributed by atoms with E-state index >= 15 is 0 Å². The van der Waals surface area contributed by atoms with Gasteiger partial charge in [-0.15, -0.1) is 0 Å². The van der Waals surface area contributed by atoms with E-state index in [9.17, 15) is 9.59 Å². The van der Waals surface area contributed by atoms with E-state index in [1.165, 1.54) is 13.2 Å². The van der Waals surface area contributed by atoms with Gasteiger partial charge in [0, 0.05) is 35.3 Å². The van der Waals surface area contributed by atoms with Crippen molar-refractivity contribution >= 4 is 34.5 Å². The highest BCUT2D eigenvalue weighted by molar-refractivity contribution is 6.07. The lowest BCUT2D eigenvalue weighted by Gasteiger charge is -2.09. The first-order valence-corrected chi connectivity index (χ1v) is 9.16. The maximum Gasteiger partial charge on any atom is 0.339 e. The Bertz CT molecular complexity index is 1140. The fourth-order valence-corrected chi connectivity index (χ4v) is 3.15. The van der Waals surface area contributed by atoms with Crippen LogP contribution < -0.4 is 5.32 Å². The molecule has 6 heteroatoms. The van der Waals surface area contributed by atoms with Crippen LogP contribution in [-0.2, 0) is 16.1 Å². The first-order chi connectivity index (χ1) is 14.0. The van der Waals surface area contributed by atoms with Crippen molar-refractivity contribution in [1.82, 2.24) is 4.57 Å². The van der Waals surface area contributed by atoms with Crippen LogP contribution in [0, 0.1) is 18.3 Å². The fourth-order valence-electron chi connectivity index (χ4n) is 3.15. The lowest BCUT2D eigenvalue weighted by atomic mass is 10.1. The number of methoxy groups -OCH3 is 1. The van der Waals surface area contributed by atoms with Gasteiger partial charge in [-0.3, -0.25) is 4.79 Å². The molecule has 0 spiro atoms. The minimum atomic E-state index is -0.506. The third-order valence-electron chi connectivity index (χ3n) is 4.54. The number of rotatable bonds is 6. The predicted octanol–water partition coefficient (Wildman–Crippen LogP) is 4.30. The summed E-state index contributed by atoms with van der Waals surface area (Å²) < 4.78 is 6.80. The number of carbonyl (C=O) groups is 2. The van der Waals surface area contributed by atoms with E-state index in [2.05, 4.69) is 11.4 Å². The number of fused-ring (bicyclic) bond motifs is 1. The van der Waals surface area contributed by atoms with Gasteiger partial charge in [-0.2, -0.15) is 5.26 Å². The molecule has 2 aromatic carbocycles. The van der Waals surface area contributed by atoms with E-state index in [0.29, 0.717) is 24.2 Å². The van der Waals surface area contributed by atoms with Crippen LogP contribution in [0.2, 0.25) is 0 Å². The second-order valence-corrected chi connectivity index (χ2v) is 6.57. The Labute approximate surface area is 169 Å². The minimum Gasteiger partial charge on any atom is -0.465 e. The molecule has 0 saturated heterocycles. The van der Waals surface area contributed by atoms with Crippen molar-refractivity contribution in [2.75, 3.05) is 12.4 Å². The average Bonchev–Trinajstić information content (AvgIpc) is 3.09. The third-order valence-corrected chi connectivity index (χ3v) is 4.54. The SMILES string of the molecule is COC(=O)c1cc(C)ccc1NC(=O)/C=C/c1cn(CCC#N)c2ccccc12. The number of anilines is 1. The molecule has 1 amide bonds. The second kappa shape index (κ2) is 8.89. The summed E-state index contributed by atoms with van der Waals surface area (Å²) in [5, 5.41) is 12.6. The summed E-state index contributed by atoms with van der Waals surface area (Å²) in [6.45, 7) is 2.45. The predicted molar refractivity (Wildman–Crippen MR) is 112 cm³/mol. The van der Waals surface area contributed by atoms with E-state index in [-0.39, 0.29) is 5.91 Å². The third kappa shape index (κ3) is 4.53. The summed E-state index contributed by atoms with van der Waals surface area (Å²) in [6.07, 6.45) is 5.49. The number of ether oxygens (including phenoxy) is 1. The molecule has 0 fully saturated rings. The van der Waals surface area contributed by atoms with Crippen molar-refractivity contribution in [1.29, 1.82) is 5.26 Å². The van der Waals surface area contributed by atoms with E-state index < -0.39 is 5.97 Å². The first-order valence-electron chi connectivity index (χ1n) is 9.16. The number of benzene rings is 2. The number of esters is 1. The molecule has 0 atom stereocenters. The van der Waals surface area contributed by atoms with Crippen LogP contribution in [0.1, 0.15) is 27.9 Å². The van der Waals surface area contributed by atoms with Crippen molar-refractivity contribution in [3.05, 3.63) is 71.4 Å². The summed E-state index contributed by atoms with van der Waals surface area (Å²) >= 11 is 0. The molecule has 0 unspecified atom stereocenters. The highest BCUT2D eigenvalue weighted by Gasteiger charge is 2.13. The average molecular weight is 387 g/mol. The van der Waals surface area contributed by atoms with E-state index in [1.807, 2.05) is 48.0 Å². The number of para-hydroxylation sites is 1. The van der Waals surface area contributed by atoms with Crippen LogP contribution in [0.3, 0.4) is 0 Å². The van der Waals surface area contributed by atoms with E-state index in [4.69, 9.17) is 10.00 Å². The van der Waals surface area contributed by atoms with Gasteiger partial charge in [-0.25, -0.2) is 4.79 Å². The lowest BCUT2D eigenvalue weighted by molar-refractivity contribution is -0.111. The van der Waals surface area contributed by atoms with Gasteiger partial charge in [0.2, 0.25) is 5.91 Å². The molecule has 0 aliphatic rings. The zero-order valence-electron chi connectivity index (χ0n) is 16.3. The van der Waals surface area contributed by atoms with Crippen LogP contribution in [0.15, 0.2) is 54.7 Å². The van der Waals surface area contributed by atoms with Gasteiger partial charge >= 0.3 is 5.97 Å². The number of aryl methyl sites for hydroxylation is 2. The number of nitriles is 1. The van der Waals surface area contributed by atoms with Gasteiger partial charge in [0.05, 0.1) is 30.9 Å². The summed E-state index contributed by atoms with van der Waals surface area (Å²) in [5.74, 6) is -0.860. The van der Waals surface area contributed by atoms with Crippen LogP contribution in [-0.4, -0.2) is 23.6 Å². The number of hydrogen-bond donors (Lipinski definition) is 1. The van der Waals surface area contributed by atoms with Crippen molar-refractivity contribution in [2.24, 2.45) is 0 Å². The Morgan fingerprint density at radius 2 is 2.03 bits per heavy atom. The highest BCUT2D eigenvalue weighted by atomic mass is 16.5. The maximum atomic E-state index is 12.4. The first kappa shape index (κ1) is 19.9. The molecule has 3 rings (SSSR count). The monoisotopic (exact) mass is 387 g/mol. The Balaban J connectivity index is 1.84. The number of nitrogens with zero attached hydrogens (tertiary/aromatic N) is 2. The topological polar surface area (TPSA) is 84.1 Å². The van der Waals surface area contributed by atoms with Gasteiger partial charge in [0.15, 0.2) is 0 Å². The number of aromatic nitrogens is 1. The number of carbonyl (C=O) groups excluding carboxylic acids is 2. The summed E-state index contributed by atoms with van der Waals surface area (Å²) in [4.78, 5) is 24.4. The normalized spacial score (nSPS) is 10.8. The van der Waals surface area contributed by atoms with Crippen LogP contribution in [0.4, 0.5) is 5.69 Å². The number of amides is 1.